The molecule has 0 saturated carbocycles. The van der Waals surface area contributed by atoms with Gasteiger partial charge in [0.15, 0.2) is 5.96 Å². The maximum atomic E-state index is 13.2. The topological polar surface area (TPSA) is 81.3 Å². The van der Waals surface area contributed by atoms with E-state index in [2.05, 4.69) is 25.9 Å². The molecule has 0 saturated heterocycles. The summed E-state index contributed by atoms with van der Waals surface area (Å²) in [6.45, 7) is 3.95. The summed E-state index contributed by atoms with van der Waals surface area (Å²) < 4.78 is 13.2. The number of guanidine groups is 1. The van der Waals surface area contributed by atoms with Crippen LogP contribution in [0.25, 0.3) is 10.9 Å². The number of hydrogen-bond acceptors (Lipinski definition) is 2. The number of fused-ring (bicyclic) bond motifs is 1. The van der Waals surface area contributed by atoms with E-state index in [1.165, 1.54) is 12.1 Å². The number of nitrogens with one attached hydrogen (secondary N) is 4. The van der Waals surface area contributed by atoms with Gasteiger partial charge in [0.2, 0.25) is 5.91 Å². The molecule has 0 aliphatic carbocycles. The van der Waals surface area contributed by atoms with Crippen molar-refractivity contribution >= 4 is 22.8 Å². The number of carbonyl (C=O) groups is 1. The highest BCUT2D eigenvalue weighted by atomic mass is 19.1. The first-order valence-corrected chi connectivity index (χ1v) is 8.60. The molecular weight excluding hydrogens is 321 g/mol. The highest BCUT2D eigenvalue weighted by Gasteiger charge is 2.06. The summed E-state index contributed by atoms with van der Waals surface area (Å²) in [5.41, 5.74) is 1.92. The molecule has 25 heavy (non-hydrogen) atoms. The first-order chi connectivity index (χ1) is 12.1. The molecule has 2 aromatic rings. The van der Waals surface area contributed by atoms with Gasteiger partial charge < -0.3 is 20.9 Å². The molecule has 6 nitrogen and oxygen atoms in total. The number of benzene rings is 1. The predicted octanol–water partition coefficient (Wildman–Crippen LogP) is 1.93. The van der Waals surface area contributed by atoms with Crippen LogP contribution in [0.4, 0.5) is 4.39 Å². The van der Waals surface area contributed by atoms with Crippen molar-refractivity contribution < 1.29 is 9.18 Å². The lowest BCUT2D eigenvalue weighted by molar-refractivity contribution is -0.120. The third-order valence-corrected chi connectivity index (χ3v) is 3.86. The Morgan fingerprint density at radius 2 is 2.00 bits per heavy atom. The number of nitrogens with zero attached hydrogens (tertiary/aromatic N) is 1. The van der Waals surface area contributed by atoms with Gasteiger partial charge in [-0.3, -0.25) is 9.79 Å². The fourth-order valence-electron chi connectivity index (χ4n) is 2.55. The molecule has 0 spiro atoms. The Labute approximate surface area is 147 Å². The molecule has 1 aromatic carbocycles. The Balaban J connectivity index is 1.74. The molecule has 0 atom stereocenters. The summed E-state index contributed by atoms with van der Waals surface area (Å²) in [7, 11) is 1.70. The summed E-state index contributed by atoms with van der Waals surface area (Å²) in [5.74, 6) is 0.455. The van der Waals surface area contributed by atoms with E-state index in [0.717, 1.165) is 29.3 Å². The zero-order chi connectivity index (χ0) is 18.1. The lowest BCUT2D eigenvalue weighted by Crippen LogP contribution is -2.40. The highest BCUT2D eigenvalue weighted by molar-refractivity contribution is 5.83. The molecule has 136 valence electrons. The van der Waals surface area contributed by atoms with Gasteiger partial charge in [-0.25, -0.2) is 4.39 Å². The molecule has 0 aliphatic heterocycles. The number of aromatic amines is 1. The van der Waals surface area contributed by atoms with Gasteiger partial charge in [-0.1, -0.05) is 6.92 Å². The highest BCUT2D eigenvalue weighted by Crippen LogP contribution is 2.19. The van der Waals surface area contributed by atoms with Crippen LogP contribution in [-0.2, 0) is 11.2 Å². The average Bonchev–Trinajstić information content (AvgIpc) is 3.00. The van der Waals surface area contributed by atoms with E-state index < -0.39 is 0 Å². The van der Waals surface area contributed by atoms with E-state index in [9.17, 15) is 9.18 Å². The van der Waals surface area contributed by atoms with E-state index in [0.29, 0.717) is 32.0 Å². The van der Waals surface area contributed by atoms with Crippen molar-refractivity contribution in [3.63, 3.8) is 0 Å². The van der Waals surface area contributed by atoms with Crippen molar-refractivity contribution in [2.45, 2.75) is 26.2 Å². The van der Waals surface area contributed by atoms with Crippen LogP contribution >= 0.6 is 0 Å². The fraction of sp³-hybridized carbons (Fsp3) is 0.444. The average molecular weight is 347 g/mol. The van der Waals surface area contributed by atoms with Crippen molar-refractivity contribution in [1.29, 1.82) is 0 Å². The molecule has 2 rings (SSSR count). The Hall–Kier alpha value is -2.57. The molecule has 0 unspecified atom stereocenters. The fourth-order valence-corrected chi connectivity index (χ4v) is 2.55. The maximum Gasteiger partial charge on any atom is 0.221 e. The van der Waals surface area contributed by atoms with Crippen LogP contribution in [-0.4, -0.2) is 43.5 Å². The summed E-state index contributed by atoms with van der Waals surface area (Å²) in [6.07, 6.45) is 4.03. The van der Waals surface area contributed by atoms with Crippen molar-refractivity contribution in [2.75, 3.05) is 26.7 Å². The standard InChI is InChI=1S/C18H26FN5O/c1-3-8-21-17(25)7-10-23-18(20-2)22-9-6-13-12-24-16-11-14(19)4-5-15(13)16/h4-5,11-12,24H,3,6-10H2,1-2H3,(H,21,25)(H2,20,22,23). The second-order valence-corrected chi connectivity index (χ2v) is 5.78. The van der Waals surface area contributed by atoms with Crippen molar-refractivity contribution in [3.8, 4) is 0 Å². The van der Waals surface area contributed by atoms with Crippen molar-refractivity contribution in [1.82, 2.24) is 20.9 Å². The number of H-pyrrole nitrogens is 1. The number of carbonyl (C=O) groups excluding carboxylic acids is 1. The second kappa shape index (κ2) is 9.66. The minimum Gasteiger partial charge on any atom is -0.361 e. The normalized spacial score (nSPS) is 11.6. The second-order valence-electron chi connectivity index (χ2n) is 5.78. The Morgan fingerprint density at radius 1 is 1.20 bits per heavy atom. The third-order valence-electron chi connectivity index (χ3n) is 3.86. The Bertz CT molecular complexity index is 725. The van der Waals surface area contributed by atoms with Gasteiger partial charge >= 0.3 is 0 Å². The molecule has 1 aromatic heterocycles. The largest absolute Gasteiger partial charge is 0.361 e. The predicted molar refractivity (Wildman–Crippen MR) is 99.2 cm³/mol. The number of halogens is 1. The molecule has 0 radical (unpaired) electrons. The number of aliphatic imine (C=N–C) groups is 1. The summed E-state index contributed by atoms with van der Waals surface area (Å²) in [6, 6.07) is 4.76. The van der Waals surface area contributed by atoms with E-state index in [-0.39, 0.29) is 11.7 Å². The first kappa shape index (κ1) is 18.8. The first-order valence-electron chi connectivity index (χ1n) is 8.60. The minimum absolute atomic E-state index is 0.0378. The van der Waals surface area contributed by atoms with E-state index >= 15 is 0 Å². The molecular formula is C18H26FN5O. The molecule has 1 amide bonds. The zero-order valence-corrected chi connectivity index (χ0v) is 14.8. The maximum absolute atomic E-state index is 13.2. The van der Waals surface area contributed by atoms with Gasteiger partial charge in [-0.05, 0) is 36.6 Å². The number of rotatable bonds is 8. The van der Waals surface area contributed by atoms with Crippen molar-refractivity contribution in [2.24, 2.45) is 4.99 Å². The number of aromatic nitrogens is 1. The van der Waals surface area contributed by atoms with Gasteiger partial charge in [0.1, 0.15) is 5.82 Å². The van der Waals surface area contributed by atoms with Gasteiger partial charge in [-0.2, -0.15) is 0 Å². The lowest BCUT2D eigenvalue weighted by atomic mass is 10.1. The monoisotopic (exact) mass is 347 g/mol. The van der Waals surface area contributed by atoms with E-state index in [1.807, 2.05) is 13.1 Å². The van der Waals surface area contributed by atoms with Gasteiger partial charge in [-0.15, -0.1) is 0 Å². The van der Waals surface area contributed by atoms with Gasteiger partial charge in [0.05, 0.1) is 0 Å². The van der Waals surface area contributed by atoms with Crippen LogP contribution in [0.15, 0.2) is 29.4 Å². The Kier molecular flexibility index (Phi) is 7.25. The lowest BCUT2D eigenvalue weighted by Gasteiger charge is -2.11. The summed E-state index contributed by atoms with van der Waals surface area (Å²) in [4.78, 5) is 18.8. The number of hydrogen-bond donors (Lipinski definition) is 4. The van der Waals surface area contributed by atoms with Crippen molar-refractivity contribution in [3.05, 3.63) is 35.8 Å². The summed E-state index contributed by atoms with van der Waals surface area (Å²) >= 11 is 0. The molecule has 1 heterocycles. The van der Waals surface area contributed by atoms with Gasteiger partial charge in [0, 0.05) is 50.2 Å². The van der Waals surface area contributed by atoms with Crippen LogP contribution in [0, 0.1) is 5.82 Å². The van der Waals surface area contributed by atoms with E-state index in [4.69, 9.17) is 0 Å². The van der Waals surface area contributed by atoms with Gasteiger partial charge in [0.25, 0.3) is 0 Å². The zero-order valence-electron chi connectivity index (χ0n) is 14.8. The minimum atomic E-state index is -0.244. The van der Waals surface area contributed by atoms with E-state index in [1.54, 1.807) is 13.1 Å². The summed E-state index contributed by atoms with van der Waals surface area (Å²) in [5, 5.41) is 10.2. The van der Waals surface area contributed by atoms with Crippen LogP contribution in [0.5, 0.6) is 0 Å². The third kappa shape index (κ3) is 5.77. The molecule has 4 N–H and O–H groups in total. The Morgan fingerprint density at radius 3 is 2.76 bits per heavy atom. The SMILES string of the molecule is CCCNC(=O)CCNC(=NC)NCCc1c[nH]c2cc(F)ccc12. The van der Waals surface area contributed by atoms with Crippen LogP contribution in [0.1, 0.15) is 25.3 Å². The molecule has 0 fully saturated rings. The number of amides is 1. The smallest absolute Gasteiger partial charge is 0.221 e. The molecule has 7 heteroatoms. The molecule has 0 bridgehead atoms. The van der Waals surface area contributed by atoms with Crippen LogP contribution in [0.3, 0.4) is 0 Å². The molecule has 0 aliphatic rings. The van der Waals surface area contributed by atoms with Crippen LogP contribution in [0.2, 0.25) is 0 Å². The van der Waals surface area contributed by atoms with Crippen LogP contribution < -0.4 is 16.0 Å². The quantitative estimate of drug-likeness (QED) is 0.435.